The summed E-state index contributed by atoms with van der Waals surface area (Å²) in [6, 6.07) is 12.5. The molecule has 0 fully saturated rings. The van der Waals surface area contributed by atoms with Crippen LogP contribution in [0.4, 0.5) is 8.78 Å². The number of aryl methyl sites for hydroxylation is 2. The van der Waals surface area contributed by atoms with Gasteiger partial charge in [0.25, 0.3) is 0 Å². The van der Waals surface area contributed by atoms with Crippen LogP contribution in [0.5, 0.6) is 0 Å². The second-order valence-corrected chi connectivity index (χ2v) is 10.3. The number of carbonyl (C=O) groups is 1. The largest absolute Gasteiger partial charge is 0.390 e. The number of nitrogens with one attached hydrogen (secondary N) is 2. The fourth-order valence-electron chi connectivity index (χ4n) is 5.52. The number of rotatable bonds is 9. The van der Waals surface area contributed by atoms with E-state index in [0.717, 1.165) is 41.4 Å². The van der Waals surface area contributed by atoms with Gasteiger partial charge in [0.15, 0.2) is 0 Å². The lowest BCUT2D eigenvalue weighted by Gasteiger charge is -2.40. The Morgan fingerprint density at radius 2 is 1.97 bits per heavy atom. The van der Waals surface area contributed by atoms with Crippen LogP contribution in [-0.2, 0) is 36.6 Å². The van der Waals surface area contributed by atoms with Gasteiger partial charge in [-0.15, -0.1) is 0 Å². The molecule has 0 radical (unpaired) electrons. The van der Waals surface area contributed by atoms with Crippen LogP contribution >= 0.6 is 0 Å². The predicted molar refractivity (Wildman–Crippen MR) is 142 cm³/mol. The molecule has 0 saturated carbocycles. The summed E-state index contributed by atoms with van der Waals surface area (Å²) in [6.07, 6.45) is 6.84. The fraction of sp³-hybridized carbons (Fsp3) is 0.345. The van der Waals surface area contributed by atoms with Gasteiger partial charge in [0, 0.05) is 50.7 Å². The number of aliphatic hydroxyl groups is 1. The molecule has 0 bridgehead atoms. The zero-order valence-electron chi connectivity index (χ0n) is 21.9. The van der Waals surface area contributed by atoms with Crippen molar-refractivity contribution in [2.45, 2.75) is 50.3 Å². The molecule has 3 atom stereocenters. The van der Waals surface area contributed by atoms with Crippen LogP contribution < -0.4 is 10.6 Å². The summed E-state index contributed by atoms with van der Waals surface area (Å²) in [7, 11) is 1.91. The van der Waals surface area contributed by atoms with Gasteiger partial charge in [0.2, 0.25) is 5.91 Å². The monoisotopic (exact) mass is 534 g/mol. The average Bonchev–Trinajstić information content (AvgIpc) is 3.55. The number of carbonyl (C=O) groups excluding carboxylic acids is 1. The van der Waals surface area contributed by atoms with Crippen molar-refractivity contribution in [1.29, 1.82) is 0 Å². The molecule has 4 aromatic rings. The highest BCUT2D eigenvalue weighted by atomic mass is 19.1. The van der Waals surface area contributed by atoms with Gasteiger partial charge in [0.1, 0.15) is 11.6 Å². The van der Waals surface area contributed by atoms with Gasteiger partial charge in [-0.2, -0.15) is 10.2 Å². The highest BCUT2D eigenvalue weighted by molar-refractivity contribution is 5.73. The maximum Gasteiger partial charge on any atom is 0.217 e. The highest BCUT2D eigenvalue weighted by Crippen LogP contribution is 2.37. The lowest BCUT2D eigenvalue weighted by atomic mass is 9.75. The van der Waals surface area contributed by atoms with E-state index in [1.54, 1.807) is 10.9 Å². The Kier molecular flexibility index (Phi) is 7.58. The summed E-state index contributed by atoms with van der Waals surface area (Å²) in [4.78, 5) is 12.0. The third-order valence-corrected chi connectivity index (χ3v) is 7.32. The van der Waals surface area contributed by atoms with E-state index in [0.29, 0.717) is 12.0 Å². The molecule has 0 spiro atoms. The normalized spacial score (nSPS) is 18.4. The Bertz CT molecular complexity index is 1430. The summed E-state index contributed by atoms with van der Waals surface area (Å²) in [5.41, 5.74) is 3.98. The third kappa shape index (κ3) is 6.07. The molecule has 204 valence electrons. The predicted octanol–water partition coefficient (Wildman–Crippen LogP) is 2.97. The Morgan fingerprint density at radius 3 is 2.69 bits per heavy atom. The van der Waals surface area contributed by atoms with Crippen molar-refractivity contribution in [3.8, 4) is 5.69 Å². The molecule has 1 aliphatic carbocycles. The van der Waals surface area contributed by atoms with Gasteiger partial charge in [-0.3, -0.25) is 9.48 Å². The Morgan fingerprint density at radius 1 is 1.18 bits per heavy atom. The SMILES string of the molecule is CC(=O)NC(Cc1cc(F)cc(F)c1)C(O)CNC1(c2cccc(-n3cccn3)c2)CCc2nn(C)cc2C1. The summed E-state index contributed by atoms with van der Waals surface area (Å²) in [6.45, 7) is 1.50. The highest BCUT2D eigenvalue weighted by Gasteiger charge is 2.38. The van der Waals surface area contributed by atoms with Crippen LogP contribution in [0.3, 0.4) is 0 Å². The van der Waals surface area contributed by atoms with E-state index in [9.17, 15) is 18.7 Å². The van der Waals surface area contributed by atoms with E-state index in [-0.39, 0.29) is 18.9 Å². The first-order valence-electron chi connectivity index (χ1n) is 13.0. The summed E-state index contributed by atoms with van der Waals surface area (Å²) < 4.78 is 31.2. The Balaban J connectivity index is 1.42. The zero-order chi connectivity index (χ0) is 27.6. The number of hydrogen-bond acceptors (Lipinski definition) is 5. The van der Waals surface area contributed by atoms with E-state index in [4.69, 9.17) is 0 Å². The molecule has 2 aromatic heterocycles. The lowest BCUT2D eigenvalue weighted by Crippen LogP contribution is -2.54. The van der Waals surface area contributed by atoms with E-state index < -0.39 is 29.3 Å². The van der Waals surface area contributed by atoms with Gasteiger partial charge in [-0.05, 0) is 72.7 Å². The van der Waals surface area contributed by atoms with Crippen molar-refractivity contribution in [1.82, 2.24) is 30.2 Å². The average molecular weight is 535 g/mol. The zero-order valence-corrected chi connectivity index (χ0v) is 21.9. The number of benzene rings is 2. The number of aliphatic hydroxyl groups excluding tert-OH is 1. The van der Waals surface area contributed by atoms with Gasteiger partial charge in [0.05, 0.1) is 23.5 Å². The minimum Gasteiger partial charge on any atom is -0.390 e. The van der Waals surface area contributed by atoms with Crippen molar-refractivity contribution in [3.63, 3.8) is 0 Å². The molecule has 5 rings (SSSR count). The maximum absolute atomic E-state index is 13.8. The number of halogens is 2. The number of fused-ring (bicyclic) bond motifs is 1. The summed E-state index contributed by atoms with van der Waals surface area (Å²) >= 11 is 0. The molecule has 39 heavy (non-hydrogen) atoms. The molecular formula is C29H32F2N6O2. The van der Waals surface area contributed by atoms with Crippen LogP contribution in [-0.4, -0.2) is 49.3 Å². The van der Waals surface area contributed by atoms with E-state index in [2.05, 4.69) is 33.0 Å². The van der Waals surface area contributed by atoms with Crippen LogP contribution in [0, 0.1) is 11.6 Å². The minimum atomic E-state index is -1.03. The first kappa shape index (κ1) is 26.7. The lowest BCUT2D eigenvalue weighted by molar-refractivity contribution is -0.120. The second-order valence-electron chi connectivity index (χ2n) is 10.3. The number of hydrogen-bond donors (Lipinski definition) is 3. The molecular weight excluding hydrogens is 502 g/mol. The molecule has 1 aliphatic rings. The number of amides is 1. The number of aromatic nitrogens is 4. The number of nitrogens with zero attached hydrogens (tertiary/aromatic N) is 4. The van der Waals surface area contributed by atoms with Crippen molar-refractivity contribution in [2.75, 3.05) is 6.54 Å². The van der Waals surface area contributed by atoms with Crippen molar-refractivity contribution < 1.29 is 18.7 Å². The van der Waals surface area contributed by atoms with Crippen molar-refractivity contribution in [2.24, 2.45) is 7.05 Å². The van der Waals surface area contributed by atoms with E-state index >= 15 is 0 Å². The fourth-order valence-corrected chi connectivity index (χ4v) is 5.52. The van der Waals surface area contributed by atoms with Gasteiger partial charge in [-0.25, -0.2) is 13.5 Å². The quantitative estimate of drug-likeness (QED) is 0.307. The minimum absolute atomic E-state index is 0.0750. The van der Waals surface area contributed by atoms with Crippen LogP contribution in [0.25, 0.3) is 5.69 Å². The van der Waals surface area contributed by atoms with Crippen molar-refractivity contribution in [3.05, 3.63) is 101 Å². The first-order chi connectivity index (χ1) is 18.7. The second kappa shape index (κ2) is 11.1. The third-order valence-electron chi connectivity index (χ3n) is 7.32. The van der Waals surface area contributed by atoms with E-state index in [1.165, 1.54) is 19.1 Å². The maximum atomic E-state index is 13.8. The van der Waals surface area contributed by atoms with Gasteiger partial charge >= 0.3 is 0 Å². The molecule has 0 saturated heterocycles. The standard InChI is InChI=1S/C29H32F2N6O2/c1-19(38)34-27(13-20-11-23(30)15-24(31)12-20)28(39)17-32-29(8-7-26-21(16-29)18-36(2)35-26)22-5-3-6-25(14-22)37-10-4-9-33-37/h3-6,9-12,14-15,18,27-28,32,39H,7-8,13,16-17H2,1-2H3,(H,34,38). The molecule has 3 N–H and O–H groups in total. The molecule has 8 nitrogen and oxygen atoms in total. The van der Waals surface area contributed by atoms with E-state index in [1.807, 2.05) is 42.3 Å². The van der Waals surface area contributed by atoms with Crippen molar-refractivity contribution >= 4 is 5.91 Å². The molecule has 3 unspecified atom stereocenters. The topological polar surface area (TPSA) is 97.0 Å². The van der Waals surface area contributed by atoms with Gasteiger partial charge < -0.3 is 15.7 Å². The smallest absolute Gasteiger partial charge is 0.217 e. The molecule has 2 heterocycles. The summed E-state index contributed by atoms with van der Waals surface area (Å²) in [5, 5.41) is 26.6. The summed E-state index contributed by atoms with van der Waals surface area (Å²) in [5.74, 6) is -1.75. The Hall–Kier alpha value is -3.89. The van der Waals surface area contributed by atoms with Crippen LogP contribution in [0.2, 0.25) is 0 Å². The molecule has 0 aliphatic heterocycles. The molecule has 1 amide bonds. The Labute approximate surface area is 225 Å². The van der Waals surface area contributed by atoms with Gasteiger partial charge in [-0.1, -0.05) is 12.1 Å². The van der Waals surface area contributed by atoms with Crippen LogP contribution in [0.1, 0.15) is 35.7 Å². The molecule has 2 aromatic carbocycles. The first-order valence-corrected chi connectivity index (χ1v) is 13.0. The molecule has 10 heteroatoms. The van der Waals surface area contributed by atoms with Crippen LogP contribution in [0.15, 0.2) is 67.1 Å².